The van der Waals surface area contributed by atoms with Crippen LogP contribution >= 0.6 is 27.6 Å². The Labute approximate surface area is 108 Å². The van der Waals surface area contributed by atoms with Crippen LogP contribution in [0.4, 0.5) is 0 Å². The first-order valence-corrected chi connectivity index (χ1v) is 7.53. The van der Waals surface area contributed by atoms with Crippen molar-refractivity contribution in [3.63, 3.8) is 0 Å². The summed E-state index contributed by atoms with van der Waals surface area (Å²) >= 11 is 0. The van der Waals surface area contributed by atoms with Gasteiger partial charge >= 0.3 is 15.2 Å². The maximum absolute atomic E-state index is 11.0. The molecule has 1 aromatic heterocycles. The number of hydrogen-bond acceptors (Lipinski definition) is 4. The zero-order chi connectivity index (χ0) is 13.3. The molecule has 0 amide bonds. The van der Waals surface area contributed by atoms with Gasteiger partial charge in [-0.2, -0.15) is 0 Å². The topological polar surface area (TPSA) is 148 Å². The summed E-state index contributed by atoms with van der Waals surface area (Å²) in [7, 11) is -10.8. The number of pyridine rings is 1. The Morgan fingerprint density at radius 3 is 2.00 bits per heavy atom. The highest BCUT2D eigenvalue weighted by Gasteiger charge is 2.59. The number of nitrogens with zero attached hydrogens (tertiary/aromatic N) is 1. The molecule has 0 bridgehead atoms. The average molecular weight is 320 g/mol. The summed E-state index contributed by atoms with van der Waals surface area (Å²) in [6, 6.07) is 2.75. The summed E-state index contributed by atoms with van der Waals surface area (Å²) in [5.74, 6) is 0. The van der Waals surface area contributed by atoms with Crippen molar-refractivity contribution in [2.75, 3.05) is 0 Å². The summed E-state index contributed by atoms with van der Waals surface area (Å²) in [4.78, 5) is 39.1. The number of aromatic nitrogens is 1. The molecule has 11 heteroatoms. The van der Waals surface area contributed by atoms with Crippen molar-refractivity contribution in [2.24, 2.45) is 0 Å². The standard InChI is InChI=1S/C7H11NO7P2.ClH/c9-7(16(10,11)12,17(13,14)15)4-6-2-1-3-8-5-6;/h1-3,5,9H,4H2,(H2,10,11,12)(H2,13,14,15);1H. The van der Waals surface area contributed by atoms with Crippen molar-refractivity contribution in [1.29, 1.82) is 0 Å². The third kappa shape index (κ3) is 3.60. The third-order valence-electron chi connectivity index (χ3n) is 2.10. The lowest BCUT2D eigenvalue weighted by molar-refractivity contribution is 0.131. The monoisotopic (exact) mass is 319 g/mol. The van der Waals surface area contributed by atoms with Crippen LogP contribution in [0.1, 0.15) is 5.56 Å². The molecule has 0 saturated heterocycles. The first-order chi connectivity index (χ1) is 7.58. The van der Waals surface area contributed by atoms with Gasteiger partial charge in [-0.1, -0.05) is 6.07 Å². The van der Waals surface area contributed by atoms with Gasteiger partial charge < -0.3 is 24.7 Å². The lowest BCUT2D eigenvalue weighted by Gasteiger charge is -2.29. The zero-order valence-corrected chi connectivity index (χ0v) is 11.4. The lowest BCUT2D eigenvalue weighted by atomic mass is 10.2. The molecule has 0 aromatic carbocycles. The van der Waals surface area contributed by atoms with Crippen molar-refractivity contribution >= 4 is 27.6 Å². The minimum Gasteiger partial charge on any atom is -0.367 e. The number of hydrogen-bond donors (Lipinski definition) is 5. The van der Waals surface area contributed by atoms with Crippen LogP contribution in [-0.2, 0) is 15.6 Å². The molecule has 0 fully saturated rings. The largest absolute Gasteiger partial charge is 0.369 e. The molecule has 0 atom stereocenters. The van der Waals surface area contributed by atoms with Gasteiger partial charge in [0, 0.05) is 18.8 Å². The van der Waals surface area contributed by atoms with E-state index >= 15 is 0 Å². The molecule has 0 unspecified atom stereocenters. The summed E-state index contributed by atoms with van der Waals surface area (Å²) < 4.78 is 22.1. The van der Waals surface area contributed by atoms with E-state index in [-0.39, 0.29) is 18.0 Å². The zero-order valence-electron chi connectivity index (χ0n) is 8.82. The lowest BCUT2D eigenvalue weighted by Crippen LogP contribution is -2.31. The molecular weight excluding hydrogens is 307 g/mol. The normalized spacial score (nSPS) is 12.9. The second kappa shape index (κ2) is 5.77. The Balaban J connectivity index is 0.00000289. The highest BCUT2D eigenvalue weighted by molar-refractivity contribution is 7.72. The van der Waals surface area contributed by atoms with Crippen LogP contribution in [-0.4, -0.2) is 34.7 Å². The van der Waals surface area contributed by atoms with Gasteiger partial charge in [0.2, 0.25) is 0 Å². The molecule has 104 valence electrons. The molecule has 1 rings (SSSR count). The Morgan fingerprint density at radius 1 is 1.17 bits per heavy atom. The Morgan fingerprint density at radius 2 is 1.67 bits per heavy atom. The van der Waals surface area contributed by atoms with E-state index in [2.05, 4.69) is 4.98 Å². The van der Waals surface area contributed by atoms with Gasteiger partial charge in [0.1, 0.15) is 0 Å². The first-order valence-electron chi connectivity index (χ1n) is 4.30. The van der Waals surface area contributed by atoms with Gasteiger partial charge in [-0.05, 0) is 11.6 Å². The maximum Gasteiger partial charge on any atom is 0.369 e. The highest BCUT2D eigenvalue weighted by atomic mass is 35.5. The Kier molecular flexibility index (Phi) is 5.68. The van der Waals surface area contributed by atoms with Crippen LogP contribution < -0.4 is 0 Å². The van der Waals surface area contributed by atoms with Crippen molar-refractivity contribution in [3.05, 3.63) is 30.1 Å². The van der Waals surface area contributed by atoms with Gasteiger partial charge in [-0.15, -0.1) is 12.4 Å². The van der Waals surface area contributed by atoms with Crippen molar-refractivity contribution in [1.82, 2.24) is 4.98 Å². The Bertz CT molecular complexity index is 462. The number of rotatable bonds is 4. The smallest absolute Gasteiger partial charge is 0.367 e. The van der Waals surface area contributed by atoms with Crippen LogP contribution in [0.3, 0.4) is 0 Å². The van der Waals surface area contributed by atoms with Gasteiger partial charge in [-0.3, -0.25) is 14.1 Å². The van der Waals surface area contributed by atoms with E-state index in [0.717, 1.165) is 6.20 Å². The first kappa shape index (κ1) is 17.7. The maximum atomic E-state index is 11.0. The van der Waals surface area contributed by atoms with E-state index in [1.54, 1.807) is 0 Å². The fourth-order valence-electron chi connectivity index (χ4n) is 1.15. The summed E-state index contributed by atoms with van der Waals surface area (Å²) in [6.45, 7) is 0. The quantitative estimate of drug-likeness (QED) is 0.489. The predicted octanol–water partition coefficient (Wildman–Crippen LogP) is 0.0474. The highest BCUT2D eigenvalue weighted by Crippen LogP contribution is 2.68. The van der Waals surface area contributed by atoms with Crippen LogP contribution in [0.25, 0.3) is 0 Å². The molecular formula is C7H12ClNO7P2. The molecule has 1 heterocycles. The average Bonchev–Trinajstić information content (AvgIpc) is 2.15. The second-order valence-corrected chi connectivity index (χ2v) is 7.41. The van der Waals surface area contributed by atoms with Crippen LogP contribution in [0.15, 0.2) is 24.5 Å². The fourth-order valence-corrected chi connectivity index (χ4v) is 3.29. The van der Waals surface area contributed by atoms with Crippen molar-refractivity contribution < 1.29 is 33.8 Å². The summed E-state index contributed by atoms with van der Waals surface area (Å²) in [5.41, 5.74) is 0.0988. The minimum absolute atomic E-state index is 0. The molecule has 1 aromatic rings. The van der Waals surface area contributed by atoms with E-state index in [4.69, 9.17) is 19.6 Å². The second-order valence-electron chi connectivity index (χ2n) is 3.40. The minimum atomic E-state index is -5.41. The van der Waals surface area contributed by atoms with Gasteiger partial charge in [0.05, 0.1) is 0 Å². The fraction of sp³-hybridized carbons (Fsp3) is 0.286. The van der Waals surface area contributed by atoms with E-state index in [0.29, 0.717) is 0 Å². The molecule has 5 N–H and O–H groups in total. The summed E-state index contributed by atoms with van der Waals surface area (Å²) in [5, 5.41) is 6.16. The van der Waals surface area contributed by atoms with E-state index in [1.165, 1.54) is 18.3 Å². The molecule has 8 nitrogen and oxygen atoms in total. The van der Waals surface area contributed by atoms with Crippen LogP contribution in [0, 0.1) is 0 Å². The van der Waals surface area contributed by atoms with E-state index < -0.39 is 26.7 Å². The SMILES string of the molecule is Cl.O=P(O)(O)C(O)(Cc1cccnc1)P(=O)(O)O. The van der Waals surface area contributed by atoms with Crippen molar-refractivity contribution in [3.8, 4) is 0 Å². The number of halogens is 1. The molecule has 0 aliphatic carbocycles. The molecule has 0 radical (unpaired) electrons. The molecule has 18 heavy (non-hydrogen) atoms. The van der Waals surface area contributed by atoms with E-state index in [1.807, 2.05) is 0 Å². The molecule has 0 aliphatic heterocycles. The van der Waals surface area contributed by atoms with E-state index in [9.17, 15) is 14.2 Å². The predicted molar refractivity (Wildman–Crippen MR) is 64.2 cm³/mol. The van der Waals surface area contributed by atoms with Crippen LogP contribution in [0.5, 0.6) is 0 Å². The molecule has 0 spiro atoms. The van der Waals surface area contributed by atoms with Gasteiger partial charge in [-0.25, -0.2) is 0 Å². The summed E-state index contributed by atoms with van der Waals surface area (Å²) in [6.07, 6.45) is 1.63. The van der Waals surface area contributed by atoms with Crippen LogP contribution in [0.2, 0.25) is 0 Å². The third-order valence-corrected chi connectivity index (χ3v) is 5.84. The van der Waals surface area contributed by atoms with Gasteiger partial charge in [0.15, 0.2) is 0 Å². The molecule has 0 saturated carbocycles. The molecule has 0 aliphatic rings. The number of aliphatic hydroxyl groups is 1. The van der Waals surface area contributed by atoms with Crippen molar-refractivity contribution in [2.45, 2.75) is 11.5 Å². The van der Waals surface area contributed by atoms with Gasteiger partial charge in [0.25, 0.3) is 5.08 Å². The Hall–Kier alpha value is -0.300.